The zero-order valence-electron chi connectivity index (χ0n) is 9.68. The van der Waals surface area contributed by atoms with Crippen LogP contribution in [0.25, 0.3) is 10.9 Å². The minimum absolute atomic E-state index is 0.0789. The molecule has 1 fully saturated rings. The number of fused-ring (bicyclic) bond motifs is 1. The van der Waals surface area contributed by atoms with Crippen LogP contribution in [0.15, 0.2) is 30.5 Å². The minimum atomic E-state index is -0.125. The molecule has 1 saturated heterocycles. The van der Waals surface area contributed by atoms with Crippen LogP contribution in [-0.2, 0) is 11.2 Å². The lowest BCUT2D eigenvalue weighted by Crippen LogP contribution is -2.30. The predicted molar refractivity (Wildman–Crippen MR) is 71.6 cm³/mol. The summed E-state index contributed by atoms with van der Waals surface area (Å²) in [6, 6.07) is 8.03. The van der Waals surface area contributed by atoms with Crippen molar-refractivity contribution in [2.75, 3.05) is 12.3 Å². The van der Waals surface area contributed by atoms with Gasteiger partial charge in [0.1, 0.15) is 0 Å². The Balaban J connectivity index is 1.77. The third-order valence-electron chi connectivity index (χ3n) is 3.12. The molecule has 1 aliphatic rings. The molecule has 92 valence electrons. The van der Waals surface area contributed by atoms with Crippen LogP contribution in [0.3, 0.4) is 0 Å². The second-order valence-corrected chi connectivity index (χ2v) is 5.14. The molecule has 0 spiro atoms. The van der Waals surface area contributed by atoms with Crippen LogP contribution < -0.4 is 0 Å². The second-order valence-electron chi connectivity index (χ2n) is 4.21. The lowest BCUT2D eigenvalue weighted by molar-refractivity contribution is -0.124. The van der Waals surface area contributed by atoms with Crippen molar-refractivity contribution in [3.63, 3.8) is 0 Å². The summed E-state index contributed by atoms with van der Waals surface area (Å²) < 4.78 is 0. The fourth-order valence-corrected chi connectivity index (χ4v) is 2.92. The van der Waals surface area contributed by atoms with E-state index in [2.05, 4.69) is 4.98 Å². The summed E-state index contributed by atoms with van der Waals surface area (Å²) in [5.74, 6) is 0.206. The van der Waals surface area contributed by atoms with Crippen LogP contribution in [-0.4, -0.2) is 33.3 Å². The number of para-hydroxylation sites is 1. The first-order valence-corrected chi connectivity index (χ1v) is 6.76. The summed E-state index contributed by atoms with van der Waals surface area (Å²) in [6.07, 6.45) is 2.64. The van der Waals surface area contributed by atoms with E-state index < -0.39 is 0 Å². The number of H-pyrrole nitrogens is 1. The molecular formula is C13H12N2O2S. The highest BCUT2D eigenvalue weighted by Gasteiger charge is 2.29. The average Bonchev–Trinajstić information content (AvgIpc) is 2.93. The number of imide groups is 1. The largest absolute Gasteiger partial charge is 0.361 e. The zero-order chi connectivity index (χ0) is 12.5. The van der Waals surface area contributed by atoms with E-state index in [1.54, 1.807) is 0 Å². The van der Waals surface area contributed by atoms with Gasteiger partial charge in [0.05, 0.1) is 5.75 Å². The Morgan fingerprint density at radius 3 is 2.89 bits per heavy atom. The van der Waals surface area contributed by atoms with Crippen molar-refractivity contribution < 1.29 is 9.59 Å². The van der Waals surface area contributed by atoms with E-state index in [1.807, 2.05) is 30.5 Å². The Bertz CT molecular complexity index is 604. The summed E-state index contributed by atoms with van der Waals surface area (Å²) in [5.41, 5.74) is 2.23. The maximum Gasteiger partial charge on any atom is 0.288 e. The van der Waals surface area contributed by atoms with Crippen molar-refractivity contribution in [3.05, 3.63) is 36.0 Å². The molecule has 1 N–H and O–H groups in total. The molecule has 0 unspecified atom stereocenters. The number of nitrogens with one attached hydrogen (secondary N) is 1. The molecule has 0 radical (unpaired) electrons. The van der Waals surface area contributed by atoms with Gasteiger partial charge in [0.25, 0.3) is 5.24 Å². The van der Waals surface area contributed by atoms with Gasteiger partial charge in [-0.3, -0.25) is 14.5 Å². The van der Waals surface area contributed by atoms with Crippen molar-refractivity contribution in [3.8, 4) is 0 Å². The van der Waals surface area contributed by atoms with Crippen molar-refractivity contribution in [1.82, 2.24) is 9.88 Å². The highest BCUT2D eigenvalue weighted by atomic mass is 32.2. The summed E-state index contributed by atoms with van der Waals surface area (Å²) in [6.45, 7) is 0.465. The smallest absolute Gasteiger partial charge is 0.288 e. The monoisotopic (exact) mass is 260 g/mol. The second kappa shape index (κ2) is 4.49. The Hall–Kier alpha value is -1.75. The fraction of sp³-hybridized carbons (Fsp3) is 0.231. The van der Waals surface area contributed by atoms with Crippen molar-refractivity contribution in [2.24, 2.45) is 0 Å². The third-order valence-corrected chi connectivity index (χ3v) is 3.98. The summed E-state index contributed by atoms with van der Waals surface area (Å²) in [5, 5.41) is 1.03. The lowest BCUT2D eigenvalue weighted by Gasteiger charge is -2.11. The molecule has 0 bridgehead atoms. The van der Waals surface area contributed by atoms with Gasteiger partial charge >= 0.3 is 0 Å². The quantitative estimate of drug-likeness (QED) is 0.922. The number of hydrogen-bond acceptors (Lipinski definition) is 3. The molecule has 4 nitrogen and oxygen atoms in total. The number of thioether (sulfide) groups is 1. The number of aromatic nitrogens is 1. The number of nitrogens with zero attached hydrogens (tertiary/aromatic N) is 1. The topological polar surface area (TPSA) is 53.2 Å². The van der Waals surface area contributed by atoms with Crippen LogP contribution in [0, 0.1) is 0 Å². The van der Waals surface area contributed by atoms with Gasteiger partial charge in [0.15, 0.2) is 0 Å². The molecule has 2 heterocycles. The molecule has 1 aliphatic heterocycles. The average molecular weight is 260 g/mol. The Kier molecular flexibility index (Phi) is 2.83. The standard InChI is InChI=1S/C13H12N2O2S/c16-12-8-18-13(17)15(12)6-5-9-7-14-11-4-2-1-3-10(9)11/h1-4,7,14H,5-6,8H2. The van der Waals surface area contributed by atoms with E-state index in [0.29, 0.717) is 13.0 Å². The Morgan fingerprint density at radius 1 is 1.28 bits per heavy atom. The maximum absolute atomic E-state index is 11.5. The van der Waals surface area contributed by atoms with E-state index in [-0.39, 0.29) is 16.9 Å². The molecule has 3 rings (SSSR count). The van der Waals surface area contributed by atoms with Crippen LogP contribution in [0.2, 0.25) is 0 Å². The first kappa shape index (κ1) is 11.3. The van der Waals surface area contributed by atoms with Crippen molar-refractivity contribution in [1.29, 1.82) is 0 Å². The number of benzene rings is 1. The van der Waals surface area contributed by atoms with Gasteiger partial charge in [-0.1, -0.05) is 30.0 Å². The van der Waals surface area contributed by atoms with Gasteiger partial charge in [0.2, 0.25) is 5.91 Å². The molecule has 2 aromatic rings. The molecule has 18 heavy (non-hydrogen) atoms. The first-order chi connectivity index (χ1) is 8.75. The minimum Gasteiger partial charge on any atom is -0.361 e. The van der Waals surface area contributed by atoms with Gasteiger partial charge in [0, 0.05) is 23.6 Å². The van der Waals surface area contributed by atoms with Crippen LogP contribution in [0.1, 0.15) is 5.56 Å². The Labute approximate surface area is 108 Å². The van der Waals surface area contributed by atoms with Gasteiger partial charge in [-0.05, 0) is 18.1 Å². The van der Waals surface area contributed by atoms with E-state index >= 15 is 0 Å². The molecule has 5 heteroatoms. The van der Waals surface area contributed by atoms with Crippen LogP contribution >= 0.6 is 11.8 Å². The summed E-state index contributed by atoms with van der Waals surface area (Å²) in [4.78, 5) is 27.5. The predicted octanol–water partition coefficient (Wildman–Crippen LogP) is 2.41. The van der Waals surface area contributed by atoms with Crippen LogP contribution in [0.4, 0.5) is 4.79 Å². The third kappa shape index (κ3) is 1.90. The van der Waals surface area contributed by atoms with E-state index in [9.17, 15) is 9.59 Å². The number of carbonyl (C=O) groups is 2. The molecule has 0 saturated carbocycles. The molecule has 1 aromatic heterocycles. The summed E-state index contributed by atoms with van der Waals surface area (Å²) >= 11 is 1.08. The number of hydrogen-bond donors (Lipinski definition) is 1. The highest BCUT2D eigenvalue weighted by Crippen LogP contribution is 2.22. The fourth-order valence-electron chi connectivity index (χ4n) is 2.17. The highest BCUT2D eigenvalue weighted by molar-refractivity contribution is 8.14. The number of carbonyl (C=O) groups excluding carboxylic acids is 2. The van der Waals surface area contributed by atoms with E-state index in [4.69, 9.17) is 0 Å². The van der Waals surface area contributed by atoms with Gasteiger partial charge in [-0.25, -0.2) is 0 Å². The van der Waals surface area contributed by atoms with E-state index in [1.165, 1.54) is 4.90 Å². The lowest BCUT2D eigenvalue weighted by atomic mass is 10.1. The Morgan fingerprint density at radius 2 is 2.11 bits per heavy atom. The molecule has 0 aliphatic carbocycles. The zero-order valence-corrected chi connectivity index (χ0v) is 10.5. The van der Waals surface area contributed by atoms with Crippen LogP contribution in [0.5, 0.6) is 0 Å². The molecule has 0 atom stereocenters. The van der Waals surface area contributed by atoms with Gasteiger partial charge in [-0.15, -0.1) is 0 Å². The number of aromatic amines is 1. The van der Waals surface area contributed by atoms with Gasteiger partial charge < -0.3 is 4.98 Å². The first-order valence-electron chi connectivity index (χ1n) is 5.78. The molecule has 2 amide bonds. The molecular weight excluding hydrogens is 248 g/mol. The van der Waals surface area contributed by atoms with Gasteiger partial charge in [-0.2, -0.15) is 0 Å². The van der Waals surface area contributed by atoms with Crippen molar-refractivity contribution >= 4 is 33.8 Å². The maximum atomic E-state index is 11.5. The normalized spacial score (nSPS) is 15.9. The SMILES string of the molecule is O=C1CSC(=O)N1CCc1c[nH]c2ccccc12. The number of rotatable bonds is 3. The van der Waals surface area contributed by atoms with E-state index in [0.717, 1.165) is 28.2 Å². The molecule has 1 aromatic carbocycles. The summed E-state index contributed by atoms with van der Waals surface area (Å²) in [7, 11) is 0. The number of amides is 2. The van der Waals surface area contributed by atoms with Crippen molar-refractivity contribution in [2.45, 2.75) is 6.42 Å².